The highest BCUT2D eigenvalue weighted by atomic mass is 16.6. The number of non-ortho nitro benzene ring substituents is 1. The molecule has 0 unspecified atom stereocenters. The third kappa shape index (κ3) is 2.39. The molecule has 3 N–H and O–H groups in total. The van der Waals surface area contributed by atoms with Gasteiger partial charge in [0.2, 0.25) is 5.91 Å². The largest absolute Gasteiger partial charge is 0.370 e. The van der Waals surface area contributed by atoms with E-state index in [1.807, 2.05) is 0 Å². The van der Waals surface area contributed by atoms with E-state index < -0.39 is 10.8 Å². The summed E-state index contributed by atoms with van der Waals surface area (Å²) in [5.41, 5.74) is 6.25. The number of nitrogens with one attached hydrogen (secondary N) is 1. The number of H-pyrrole nitrogens is 1. The van der Waals surface area contributed by atoms with Crippen LogP contribution in [0.1, 0.15) is 12.2 Å². The molecule has 0 saturated heterocycles. The summed E-state index contributed by atoms with van der Waals surface area (Å²) in [6.45, 7) is 0. The van der Waals surface area contributed by atoms with Crippen LogP contribution in [0.25, 0.3) is 11.0 Å². The summed E-state index contributed by atoms with van der Waals surface area (Å²) in [6.07, 6.45) is 0.597. The number of primary amides is 1. The lowest BCUT2D eigenvalue weighted by Crippen LogP contribution is -2.11. The Labute approximate surface area is 95.8 Å². The van der Waals surface area contributed by atoms with Crippen LogP contribution < -0.4 is 5.73 Å². The van der Waals surface area contributed by atoms with Crippen molar-refractivity contribution in [2.24, 2.45) is 5.73 Å². The summed E-state index contributed by atoms with van der Waals surface area (Å²) >= 11 is 0. The van der Waals surface area contributed by atoms with Gasteiger partial charge in [0.25, 0.3) is 5.69 Å². The van der Waals surface area contributed by atoms with E-state index >= 15 is 0 Å². The number of aromatic amines is 1. The zero-order valence-corrected chi connectivity index (χ0v) is 8.84. The fourth-order valence-electron chi connectivity index (χ4n) is 1.52. The molecular weight excluding hydrogens is 224 g/mol. The molecule has 17 heavy (non-hydrogen) atoms. The van der Waals surface area contributed by atoms with Gasteiger partial charge in [0.15, 0.2) is 0 Å². The highest BCUT2D eigenvalue weighted by Crippen LogP contribution is 2.19. The second-order valence-corrected chi connectivity index (χ2v) is 3.61. The molecule has 0 fully saturated rings. The summed E-state index contributed by atoms with van der Waals surface area (Å²) in [6, 6.07) is 4.37. The number of amides is 1. The van der Waals surface area contributed by atoms with Gasteiger partial charge in [-0.25, -0.2) is 4.98 Å². The van der Waals surface area contributed by atoms with Gasteiger partial charge in [-0.1, -0.05) is 0 Å². The van der Waals surface area contributed by atoms with Crippen molar-refractivity contribution in [3.63, 3.8) is 0 Å². The van der Waals surface area contributed by atoms with E-state index in [2.05, 4.69) is 9.97 Å². The predicted molar refractivity (Wildman–Crippen MR) is 60.3 cm³/mol. The zero-order valence-electron chi connectivity index (χ0n) is 8.84. The van der Waals surface area contributed by atoms with E-state index in [4.69, 9.17) is 5.73 Å². The Kier molecular flexibility index (Phi) is 2.73. The van der Waals surface area contributed by atoms with Gasteiger partial charge >= 0.3 is 0 Å². The van der Waals surface area contributed by atoms with Gasteiger partial charge < -0.3 is 10.7 Å². The number of nitro benzene ring substituents is 1. The monoisotopic (exact) mass is 234 g/mol. The molecule has 2 rings (SSSR count). The average molecular weight is 234 g/mol. The maximum absolute atomic E-state index is 10.6. The van der Waals surface area contributed by atoms with Crippen molar-refractivity contribution in [2.75, 3.05) is 0 Å². The Bertz CT molecular complexity index is 590. The number of aromatic nitrogens is 2. The van der Waals surface area contributed by atoms with Crippen molar-refractivity contribution >= 4 is 22.6 Å². The fraction of sp³-hybridized carbons (Fsp3) is 0.200. The van der Waals surface area contributed by atoms with Crippen molar-refractivity contribution in [2.45, 2.75) is 12.8 Å². The number of imidazole rings is 1. The Balaban J connectivity index is 2.30. The smallest absolute Gasteiger partial charge is 0.271 e. The van der Waals surface area contributed by atoms with E-state index in [-0.39, 0.29) is 12.1 Å². The third-order valence-corrected chi connectivity index (χ3v) is 2.33. The van der Waals surface area contributed by atoms with Crippen LogP contribution >= 0.6 is 0 Å². The van der Waals surface area contributed by atoms with Gasteiger partial charge in [0, 0.05) is 25.0 Å². The number of hydrogen-bond acceptors (Lipinski definition) is 4. The summed E-state index contributed by atoms with van der Waals surface area (Å²) in [4.78, 5) is 27.9. The second-order valence-electron chi connectivity index (χ2n) is 3.61. The first-order valence-corrected chi connectivity index (χ1v) is 4.97. The fourth-order valence-corrected chi connectivity index (χ4v) is 1.52. The zero-order chi connectivity index (χ0) is 12.4. The summed E-state index contributed by atoms with van der Waals surface area (Å²) in [5.74, 6) is 0.190. The first-order valence-electron chi connectivity index (χ1n) is 4.97. The average Bonchev–Trinajstić information content (AvgIpc) is 2.67. The van der Waals surface area contributed by atoms with Gasteiger partial charge in [-0.15, -0.1) is 0 Å². The van der Waals surface area contributed by atoms with Crippen LogP contribution in [0.3, 0.4) is 0 Å². The Morgan fingerprint density at radius 1 is 1.53 bits per heavy atom. The van der Waals surface area contributed by atoms with E-state index in [1.54, 1.807) is 6.07 Å². The van der Waals surface area contributed by atoms with Gasteiger partial charge in [-0.05, 0) is 6.07 Å². The van der Waals surface area contributed by atoms with Gasteiger partial charge in [0.05, 0.1) is 16.0 Å². The van der Waals surface area contributed by atoms with E-state index in [9.17, 15) is 14.9 Å². The molecule has 7 nitrogen and oxygen atoms in total. The second kappa shape index (κ2) is 4.20. The summed E-state index contributed by atoms with van der Waals surface area (Å²) in [7, 11) is 0. The number of benzene rings is 1. The lowest BCUT2D eigenvalue weighted by atomic mass is 10.3. The molecular formula is C10H10N4O3. The van der Waals surface area contributed by atoms with Gasteiger partial charge in [-0.2, -0.15) is 0 Å². The quantitative estimate of drug-likeness (QED) is 0.603. The molecule has 0 saturated carbocycles. The minimum Gasteiger partial charge on any atom is -0.370 e. The van der Waals surface area contributed by atoms with Crippen LogP contribution in [0.15, 0.2) is 18.2 Å². The molecule has 0 bridgehead atoms. The lowest BCUT2D eigenvalue weighted by molar-refractivity contribution is -0.384. The van der Waals surface area contributed by atoms with E-state index in [0.29, 0.717) is 23.3 Å². The highest BCUT2D eigenvalue weighted by molar-refractivity contribution is 5.78. The topological polar surface area (TPSA) is 115 Å². The molecule has 0 aliphatic rings. The molecule has 1 amide bonds. The molecule has 1 aromatic heterocycles. The van der Waals surface area contributed by atoms with E-state index in [1.165, 1.54) is 12.1 Å². The number of nitro groups is 1. The minimum atomic E-state index is -0.469. The van der Waals surface area contributed by atoms with Crippen molar-refractivity contribution in [1.29, 1.82) is 0 Å². The summed E-state index contributed by atoms with van der Waals surface area (Å²) < 4.78 is 0. The van der Waals surface area contributed by atoms with Crippen LogP contribution in [0.5, 0.6) is 0 Å². The highest BCUT2D eigenvalue weighted by Gasteiger charge is 2.09. The summed E-state index contributed by atoms with van der Waals surface area (Å²) in [5, 5.41) is 10.6. The number of carbonyl (C=O) groups is 1. The molecule has 88 valence electrons. The van der Waals surface area contributed by atoms with Gasteiger partial charge in [-0.3, -0.25) is 14.9 Å². The Morgan fingerprint density at radius 3 is 2.94 bits per heavy atom. The molecule has 0 atom stereocenters. The van der Waals surface area contributed by atoms with E-state index in [0.717, 1.165) is 0 Å². The molecule has 0 aliphatic heterocycles. The maximum atomic E-state index is 10.6. The molecule has 1 heterocycles. The first-order chi connectivity index (χ1) is 8.06. The number of rotatable bonds is 4. The maximum Gasteiger partial charge on any atom is 0.271 e. The van der Waals surface area contributed by atoms with Crippen LogP contribution in [0.2, 0.25) is 0 Å². The predicted octanol–water partition coefficient (Wildman–Crippen LogP) is 0.889. The van der Waals surface area contributed by atoms with Crippen molar-refractivity contribution < 1.29 is 9.72 Å². The lowest BCUT2D eigenvalue weighted by Gasteiger charge is -1.91. The number of nitrogens with two attached hydrogens (primary N) is 1. The van der Waals surface area contributed by atoms with Crippen LogP contribution in [-0.2, 0) is 11.2 Å². The van der Waals surface area contributed by atoms with Crippen molar-refractivity contribution in [3.8, 4) is 0 Å². The third-order valence-electron chi connectivity index (χ3n) is 2.33. The number of aryl methyl sites for hydroxylation is 1. The molecule has 0 spiro atoms. The molecule has 1 aromatic carbocycles. The standard InChI is InChI=1S/C10H10N4O3/c11-9(15)3-4-10-12-7-2-1-6(14(16)17)5-8(7)13-10/h1-2,5H,3-4H2,(H2,11,15)(H,12,13). The van der Waals surface area contributed by atoms with Crippen LogP contribution in [0.4, 0.5) is 5.69 Å². The SMILES string of the molecule is NC(=O)CCc1nc2ccc([N+](=O)[O-])cc2[nH]1. The van der Waals surface area contributed by atoms with Crippen molar-refractivity contribution in [1.82, 2.24) is 9.97 Å². The number of fused-ring (bicyclic) bond motifs is 1. The number of carbonyl (C=O) groups excluding carboxylic acids is 1. The molecule has 2 aromatic rings. The first kappa shape index (κ1) is 11.1. The Hall–Kier alpha value is -2.44. The Morgan fingerprint density at radius 2 is 2.29 bits per heavy atom. The van der Waals surface area contributed by atoms with Gasteiger partial charge in [0.1, 0.15) is 5.82 Å². The number of nitrogens with zero attached hydrogens (tertiary/aromatic N) is 2. The minimum absolute atomic E-state index is 0.00241. The molecule has 7 heteroatoms. The van der Waals surface area contributed by atoms with Crippen LogP contribution in [-0.4, -0.2) is 20.8 Å². The van der Waals surface area contributed by atoms with Crippen LogP contribution in [0, 0.1) is 10.1 Å². The normalized spacial score (nSPS) is 10.6. The molecule has 0 aliphatic carbocycles. The molecule has 0 radical (unpaired) electrons. The number of hydrogen-bond donors (Lipinski definition) is 2. The van der Waals surface area contributed by atoms with Crippen molar-refractivity contribution in [3.05, 3.63) is 34.1 Å².